The van der Waals surface area contributed by atoms with Crippen LogP contribution in [0.25, 0.3) is 0 Å². The zero-order chi connectivity index (χ0) is 15.4. The molecule has 0 saturated carbocycles. The van der Waals surface area contributed by atoms with Gasteiger partial charge in [-0.3, -0.25) is 10.2 Å². The van der Waals surface area contributed by atoms with Gasteiger partial charge in [-0.05, 0) is 29.2 Å². The molecule has 1 aromatic carbocycles. The Labute approximate surface area is 119 Å². The van der Waals surface area contributed by atoms with Crippen LogP contribution in [0.15, 0.2) is 36.7 Å². The van der Waals surface area contributed by atoms with Crippen molar-refractivity contribution in [3.8, 4) is 0 Å². The highest BCUT2D eigenvalue weighted by atomic mass is 16.6. The number of nitrogens with zero attached hydrogens (tertiary/aromatic N) is 3. The maximum Gasteiger partial charge on any atom is 0.435 e. The minimum absolute atomic E-state index is 0.0677. The van der Waals surface area contributed by atoms with Crippen molar-refractivity contribution in [2.75, 3.05) is 5.32 Å². The maximum atomic E-state index is 11.8. The quantitative estimate of drug-likeness (QED) is 0.322. The van der Waals surface area contributed by atoms with Gasteiger partial charge in [0.25, 0.3) is 5.91 Å². The molecule has 0 atom stereocenters. The van der Waals surface area contributed by atoms with Gasteiger partial charge in [-0.1, -0.05) is 4.98 Å². The summed E-state index contributed by atoms with van der Waals surface area (Å²) in [5.74, 6) is -0.884. The molecule has 2 rings (SSSR count). The van der Waals surface area contributed by atoms with Crippen molar-refractivity contribution in [1.82, 2.24) is 9.55 Å². The van der Waals surface area contributed by atoms with E-state index in [4.69, 9.17) is 11.1 Å². The molecule has 0 unspecified atom stereocenters. The topological polar surface area (TPSA) is 140 Å². The Hall–Kier alpha value is -3.23. The van der Waals surface area contributed by atoms with Crippen LogP contribution in [0.2, 0.25) is 0 Å². The number of hydrogen-bond acceptors (Lipinski definition) is 5. The number of amides is 1. The third-order valence-electron chi connectivity index (χ3n) is 2.65. The van der Waals surface area contributed by atoms with Gasteiger partial charge in [0.05, 0.1) is 0 Å². The van der Waals surface area contributed by atoms with Crippen LogP contribution in [0, 0.1) is 15.5 Å². The van der Waals surface area contributed by atoms with Gasteiger partial charge in [0.1, 0.15) is 18.2 Å². The smallest absolute Gasteiger partial charge is 0.390 e. The molecular weight excluding hydrogens is 276 g/mol. The fourth-order valence-electron chi connectivity index (χ4n) is 1.69. The molecule has 0 aliphatic rings. The summed E-state index contributed by atoms with van der Waals surface area (Å²) in [5, 5.41) is 20.5. The summed E-state index contributed by atoms with van der Waals surface area (Å²) in [5.41, 5.74) is 6.37. The molecule has 0 spiro atoms. The number of nitrogens with one attached hydrogen (secondary N) is 2. The lowest BCUT2D eigenvalue weighted by atomic mass is 10.2. The number of rotatable bonds is 5. The molecule has 1 heterocycles. The third kappa shape index (κ3) is 3.41. The number of nitro groups is 1. The van der Waals surface area contributed by atoms with Crippen molar-refractivity contribution >= 4 is 23.4 Å². The molecular formula is C12H12N6O3. The van der Waals surface area contributed by atoms with Crippen LogP contribution in [-0.4, -0.2) is 26.2 Å². The minimum Gasteiger partial charge on any atom is -0.390 e. The van der Waals surface area contributed by atoms with Gasteiger partial charge in [0, 0.05) is 11.3 Å². The van der Waals surface area contributed by atoms with E-state index in [9.17, 15) is 14.9 Å². The standard InChI is InChI=1S/C12H12N6O3/c13-11(14)8-1-3-9(4-2-8)16-10(19)7-17-6-5-15-12(17)18(20)21/h1-6H,7H2,(H3,13,14)(H,16,19). The van der Waals surface area contributed by atoms with Gasteiger partial charge in [-0.2, -0.15) is 0 Å². The highest BCUT2D eigenvalue weighted by Crippen LogP contribution is 2.11. The number of hydrogen-bond donors (Lipinski definition) is 3. The molecule has 108 valence electrons. The van der Waals surface area contributed by atoms with E-state index in [-0.39, 0.29) is 12.4 Å². The molecule has 1 aromatic heterocycles. The van der Waals surface area contributed by atoms with E-state index in [1.807, 2.05) is 0 Å². The number of nitrogen functional groups attached to an aromatic ring is 1. The van der Waals surface area contributed by atoms with Gasteiger partial charge in [-0.25, -0.2) is 4.57 Å². The Morgan fingerprint density at radius 1 is 1.43 bits per heavy atom. The minimum atomic E-state index is -0.658. The fraction of sp³-hybridized carbons (Fsp3) is 0.0833. The second-order valence-electron chi connectivity index (χ2n) is 4.15. The van der Waals surface area contributed by atoms with Gasteiger partial charge in [-0.15, -0.1) is 0 Å². The Morgan fingerprint density at radius 2 is 2.10 bits per heavy atom. The molecule has 0 aliphatic carbocycles. The first kappa shape index (κ1) is 14.2. The summed E-state index contributed by atoms with van der Waals surface area (Å²) >= 11 is 0. The van der Waals surface area contributed by atoms with Crippen molar-refractivity contribution in [3.63, 3.8) is 0 Å². The van der Waals surface area contributed by atoms with Crippen LogP contribution in [0.4, 0.5) is 11.6 Å². The summed E-state index contributed by atoms with van der Waals surface area (Å²) < 4.78 is 1.14. The Balaban J connectivity index is 2.03. The SMILES string of the molecule is N=C(N)c1ccc(NC(=O)Cn2ccnc2[N+](=O)[O-])cc1. The Kier molecular flexibility index (Phi) is 3.93. The van der Waals surface area contributed by atoms with Crippen LogP contribution in [-0.2, 0) is 11.3 Å². The molecule has 0 bridgehead atoms. The lowest BCUT2D eigenvalue weighted by Gasteiger charge is -2.06. The van der Waals surface area contributed by atoms with Crippen LogP contribution >= 0.6 is 0 Å². The number of aromatic nitrogens is 2. The first-order chi connectivity index (χ1) is 9.97. The zero-order valence-electron chi connectivity index (χ0n) is 10.8. The largest absolute Gasteiger partial charge is 0.435 e. The van der Waals surface area contributed by atoms with Gasteiger partial charge in [0.2, 0.25) is 0 Å². The summed E-state index contributed by atoms with van der Waals surface area (Å²) in [6.07, 6.45) is 2.61. The first-order valence-corrected chi connectivity index (χ1v) is 5.87. The summed E-state index contributed by atoms with van der Waals surface area (Å²) in [7, 11) is 0. The van der Waals surface area contributed by atoms with Crippen LogP contribution in [0.3, 0.4) is 0 Å². The summed E-state index contributed by atoms with van der Waals surface area (Å²) in [6.45, 7) is -0.217. The first-order valence-electron chi connectivity index (χ1n) is 5.87. The van der Waals surface area contributed by atoms with E-state index >= 15 is 0 Å². The number of imidazole rings is 1. The summed E-state index contributed by atoms with van der Waals surface area (Å²) in [6, 6.07) is 6.38. The Morgan fingerprint density at radius 3 is 2.67 bits per heavy atom. The van der Waals surface area contributed by atoms with Crippen LogP contribution in [0.1, 0.15) is 5.56 Å². The number of amidine groups is 1. The van der Waals surface area contributed by atoms with Crippen LogP contribution in [0.5, 0.6) is 0 Å². The summed E-state index contributed by atoms with van der Waals surface area (Å²) in [4.78, 5) is 25.4. The molecule has 21 heavy (non-hydrogen) atoms. The predicted octanol–water partition coefficient (Wildman–Crippen LogP) is 0.714. The van der Waals surface area contributed by atoms with E-state index in [0.717, 1.165) is 4.57 Å². The van der Waals surface area contributed by atoms with Gasteiger partial charge in [0.15, 0.2) is 6.54 Å². The second-order valence-corrected chi connectivity index (χ2v) is 4.15. The Bertz CT molecular complexity index is 691. The van der Waals surface area contributed by atoms with Crippen molar-refractivity contribution < 1.29 is 9.72 Å². The molecule has 0 aliphatic heterocycles. The molecule has 0 radical (unpaired) electrons. The number of carbonyl (C=O) groups is 1. The molecule has 1 amide bonds. The van der Waals surface area contributed by atoms with E-state index in [2.05, 4.69) is 10.3 Å². The number of nitrogens with two attached hydrogens (primary N) is 1. The normalized spacial score (nSPS) is 10.1. The molecule has 0 saturated heterocycles. The average Bonchev–Trinajstić information content (AvgIpc) is 2.87. The predicted molar refractivity (Wildman–Crippen MR) is 75.0 cm³/mol. The van der Waals surface area contributed by atoms with Crippen molar-refractivity contribution in [3.05, 3.63) is 52.3 Å². The van der Waals surface area contributed by atoms with Crippen molar-refractivity contribution in [2.24, 2.45) is 5.73 Å². The fourth-order valence-corrected chi connectivity index (χ4v) is 1.69. The van der Waals surface area contributed by atoms with Crippen molar-refractivity contribution in [1.29, 1.82) is 5.41 Å². The number of carbonyl (C=O) groups excluding carboxylic acids is 1. The maximum absolute atomic E-state index is 11.8. The third-order valence-corrected chi connectivity index (χ3v) is 2.65. The number of benzene rings is 1. The second kappa shape index (κ2) is 5.82. The number of anilines is 1. The molecule has 9 heteroatoms. The van der Waals surface area contributed by atoms with E-state index in [1.165, 1.54) is 12.4 Å². The van der Waals surface area contributed by atoms with E-state index in [0.29, 0.717) is 11.3 Å². The molecule has 9 nitrogen and oxygen atoms in total. The van der Waals surface area contributed by atoms with Gasteiger partial charge < -0.3 is 21.2 Å². The van der Waals surface area contributed by atoms with E-state index < -0.39 is 16.8 Å². The van der Waals surface area contributed by atoms with Crippen molar-refractivity contribution in [2.45, 2.75) is 6.54 Å². The van der Waals surface area contributed by atoms with Crippen LogP contribution < -0.4 is 11.1 Å². The molecule has 4 N–H and O–H groups in total. The monoisotopic (exact) mass is 288 g/mol. The average molecular weight is 288 g/mol. The molecule has 0 fully saturated rings. The highest BCUT2D eigenvalue weighted by molar-refractivity contribution is 5.96. The lowest BCUT2D eigenvalue weighted by Crippen LogP contribution is -2.19. The van der Waals surface area contributed by atoms with Gasteiger partial charge >= 0.3 is 5.95 Å². The van der Waals surface area contributed by atoms with E-state index in [1.54, 1.807) is 24.3 Å². The highest BCUT2D eigenvalue weighted by Gasteiger charge is 2.16. The molecule has 2 aromatic rings. The lowest BCUT2D eigenvalue weighted by molar-refractivity contribution is -0.396. The zero-order valence-corrected chi connectivity index (χ0v) is 10.8.